The maximum atomic E-state index is 12.5. The van der Waals surface area contributed by atoms with E-state index in [-0.39, 0.29) is 12.0 Å². The van der Waals surface area contributed by atoms with Crippen LogP contribution in [0.3, 0.4) is 0 Å². The average molecular weight is 390 g/mol. The Morgan fingerprint density at radius 3 is 2.62 bits per heavy atom. The Labute approximate surface area is 150 Å². The number of rotatable bonds is 3. The van der Waals surface area contributed by atoms with Crippen LogP contribution in [-0.2, 0) is 0 Å². The molecule has 6 heteroatoms. The lowest BCUT2D eigenvalue weighted by Crippen LogP contribution is -2.41. The SMILES string of the molecule is Cc1cc(OC2CCN(C(=O)c3cccc(Br)c3)CC2)nc(C)n1. The highest BCUT2D eigenvalue weighted by Gasteiger charge is 2.25. The van der Waals surface area contributed by atoms with Gasteiger partial charge in [-0.3, -0.25) is 4.79 Å². The van der Waals surface area contributed by atoms with E-state index >= 15 is 0 Å². The molecule has 1 amide bonds. The summed E-state index contributed by atoms with van der Waals surface area (Å²) in [5.41, 5.74) is 1.62. The van der Waals surface area contributed by atoms with Crippen molar-refractivity contribution >= 4 is 21.8 Å². The molecule has 126 valence electrons. The van der Waals surface area contributed by atoms with E-state index in [1.54, 1.807) is 0 Å². The van der Waals surface area contributed by atoms with Gasteiger partial charge in [-0.05, 0) is 32.0 Å². The molecule has 1 aliphatic heterocycles. The van der Waals surface area contributed by atoms with Crippen molar-refractivity contribution in [1.82, 2.24) is 14.9 Å². The minimum Gasteiger partial charge on any atom is -0.474 e. The quantitative estimate of drug-likeness (QED) is 0.805. The van der Waals surface area contributed by atoms with Gasteiger partial charge in [0.2, 0.25) is 5.88 Å². The number of carbonyl (C=O) groups excluding carboxylic acids is 1. The predicted molar refractivity (Wildman–Crippen MR) is 95.2 cm³/mol. The monoisotopic (exact) mass is 389 g/mol. The molecule has 0 aliphatic carbocycles. The van der Waals surface area contributed by atoms with E-state index in [9.17, 15) is 4.79 Å². The molecule has 0 saturated carbocycles. The fourth-order valence-corrected chi connectivity index (χ4v) is 3.29. The Morgan fingerprint density at radius 1 is 1.21 bits per heavy atom. The van der Waals surface area contributed by atoms with Gasteiger partial charge in [-0.2, -0.15) is 4.98 Å². The van der Waals surface area contributed by atoms with Gasteiger partial charge in [0.05, 0.1) is 0 Å². The first-order valence-electron chi connectivity index (χ1n) is 8.05. The first-order chi connectivity index (χ1) is 11.5. The molecule has 3 rings (SSSR count). The number of benzene rings is 1. The van der Waals surface area contributed by atoms with Crippen molar-refractivity contribution in [3.05, 3.63) is 51.9 Å². The standard InChI is InChI=1S/C18H20BrN3O2/c1-12-10-17(21-13(2)20-12)24-16-6-8-22(9-7-16)18(23)14-4-3-5-15(19)11-14/h3-5,10-11,16H,6-9H2,1-2H3. The molecule has 0 unspecified atom stereocenters. The Kier molecular flexibility index (Phi) is 5.14. The summed E-state index contributed by atoms with van der Waals surface area (Å²) in [4.78, 5) is 23.0. The van der Waals surface area contributed by atoms with Gasteiger partial charge in [0.15, 0.2) is 0 Å². The highest BCUT2D eigenvalue weighted by atomic mass is 79.9. The van der Waals surface area contributed by atoms with Gasteiger partial charge in [-0.15, -0.1) is 0 Å². The van der Waals surface area contributed by atoms with Crippen LogP contribution in [-0.4, -0.2) is 40.0 Å². The Balaban J connectivity index is 1.58. The number of ether oxygens (including phenoxy) is 1. The van der Waals surface area contributed by atoms with Gasteiger partial charge in [0.25, 0.3) is 5.91 Å². The molecule has 2 aromatic rings. The lowest BCUT2D eigenvalue weighted by molar-refractivity contribution is 0.0587. The van der Waals surface area contributed by atoms with Crippen LogP contribution in [0.5, 0.6) is 5.88 Å². The third-order valence-electron chi connectivity index (χ3n) is 4.03. The maximum Gasteiger partial charge on any atom is 0.253 e. The lowest BCUT2D eigenvalue weighted by atomic mass is 10.1. The number of aromatic nitrogens is 2. The van der Waals surface area contributed by atoms with Crippen LogP contribution in [0.15, 0.2) is 34.8 Å². The number of aryl methyl sites for hydroxylation is 2. The second-order valence-corrected chi connectivity index (χ2v) is 6.93. The Morgan fingerprint density at radius 2 is 1.96 bits per heavy atom. The summed E-state index contributed by atoms with van der Waals surface area (Å²) in [5, 5.41) is 0. The zero-order valence-corrected chi connectivity index (χ0v) is 15.4. The molecule has 0 radical (unpaired) electrons. The highest BCUT2D eigenvalue weighted by Crippen LogP contribution is 2.20. The minimum absolute atomic E-state index is 0.0727. The van der Waals surface area contributed by atoms with Crippen LogP contribution in [0.25, 0.3) is 0 Å². The molecule has 1 aromatic carbocycles. The van der Waals surface area contributed by atoms with Gasteiger partial charge in [-0.1, -0.05) is 22.0 Å². The van der Waals surface area contributed by atoms with Crippen LogP contribution in [0.4, 0.5) is 0 Å². The summed E-state index contributed by atoms with van der Waals surface area (Å²) < 4.78 is 6.89. The summed E-state index contributed by atoms with van der Waals surface area (Å²) in [6, 6.07) is 9.36. The molecule has 1 saturated heterocycles. The van der Waals surface area contributed by atoms with E-state index in [1.807, 2.05) is 49.1 Å². The van der Waals surface area contributed by atoms with E-state index in [0.717, 1.165) is 23.0 Å². The first-order valence-corrected chi connectivity index (χ1v) is 8.84. The summed E-state index contributed by atoms with van der Waals surface area (Å²) in [7, 11) is 0. The summed E-state index contributed by atoms with van der Waals surface area (Å²) >= 11 is 3.41. The van der Waals surface area contributed by atoms with Gasteiger partial charge in [0, 0.05) is 47.7 Å². The van der Waals surface area contributed by atoms with Crippen LogP contribution < -0.4 is 4.74 Å². The van der Waals surface area contributed by atoms with Crippen molar-refractivity contribution in [2.45, 2.75) is 32.8 Å². The van der Waals surface area contributed by atoms with Gasteiger partial charge >= 0.3 is 0 Å². The fourth-order valence-electron chi connectivity index (χ4n) is 2.89. The smallest absolute Gasteiger partial charge is 0.253 e. The second-order valence-electron chi connectivity index (χ2n) is 6.01. The summed E-state index contributed by atoms with van der Waals surface area (Å²) in [6.07, 6.45) is 1.70. The van der Waals surface area contributed by atoms with E-state index in [1.165, 1.54) is 0 Å². The number of hydrogen-bond donors (Lipinski definition) is 0. The second kappa shape index (κ2) is 7.30. The maximum absolute atomic E-state index is 12.5. The fraction of sp³-hybridized carbons (Fsp3) is 0.389. The molecule has 0 atom stereocenters. The topological polar surface area (TPSA) is 55.3 Å². The van der Waals surface area contributed by atoms with Gasteiger partial charge in [-0.25, -0.2) is 4.98 Å². The number of piperidine rings is 1. The average Bonchev–Trinajstić information content (AvgIpc) is 2.54. The van der Waals surface area contributed by atoms with Crippen molar-refractivity contribution in [3.63, 3.8) is 0 Å². The molecule has 0 N–H and O–H groups in total. The molecule has 2 heterocycles. The molecule has 5 nitrogen and oxygen atoms in total. The van der Waals surface area contributed by atoms with Crippen molar-refractivity contribution in [1.29, 1.82) is 0 Å². The third-order valence-corrected chi connectivity index (χ3v) is 4.52. The molecular weight excluding hydrogens is 370 g/mol. The van der Waals surface area contributed by atoms with E-state index in [0.29, 0.717) is 30.4 Å². The van der Waals surface area contributed by atoms with Gasteiger partial charge in [0.1, 0.15) is 11.9 Å². The van der Waals surface area contributed by atoms with Gasteiger partial charge < -0.3 is 9.64 Å². The van der Waals surface area contributed by atoms with Crippen molar-refractivity contribution in [2.75, 3.05) is 13.1 Å². The largest absolute Gasteiger partial charge is 0.474 e. The predicted octanol–water partition coefficient (Wildman–Crippen LogP) is 3.54. The van der Waals surface area contributed by atoms with E-state index < -0.39 is 0 Å². The zero-order chi connectivity index (χ0) is 17.1. The first kappa shape index (κ1) is 16.9. The van der Waals surface area contributed by atoms with Crippen LogP contribution in [0.2, 0.25) is 0 Å². The molecule has 1 aliphatic rings. The number of amides is 1. The number of likely N-dealkylation sites (tertiary alicyclic amines) is 1. The summed E-state index contributed by atoms with van der Waals surface area (Å²) in [6.45, 7) is 5.18. The Hall–Kier alpha value is -1.95. The lowest BCUT2D eigenvalue weighted by Gasteiger charge is -2.32. The minimum atomic E-state index is 0.0727. The van der Waals surface area contributed by atoms with E-state index in [2.05, 4.69) is 25.9 Å². The van der Waals surface area contributed by atoms with Crippen molar-refractivity contribution in [3.8, 4) is 5.88 Å². The normalized spacial score (nSPS) is 15.4. The molecule has 0 spiro atoms. The third kappa shape index (κ3) is 4.12. The molecule has 0 bridgehead atoms. The molecular formula is C18H20BrN3O2. The number of halogens is 1. The molecule has 24 heavy (non-hydrogen) atoms. The van der Waals surface area contributed by atoms with Crippen LogP contribution in [0, 0.1) is 13.8 Å². The number of nitrogens with zero attached hydrogens (tertiary/aromatic N) is 3. The number of hydrogen-bond acceptors (Lipinski definition) is 4. The van der Waals surface area contributed by atoms with Crippen LogP contribution in [0.1, 0.15) is 34.7 Å². The summed E-state index contributed by atoms with van der Waals surface area (Å²) in [5.74, 6) is 1.41. The van der Waals surface area contributed by atoms with Crippen molar-refractivity contribution < 1.29 is 9.53 Å². The molecule has 1 aromatic heterocycles. The van der Waals surface area contributed by atoms with E-state index in [4.69, 9.17) is 4.74 Å². The van der Waals surface area contributed by atoms with Crippen LogP contribution >= 0.6 is 15.9 Å². The highest BCUT2D eigenvalue weighted by molar-refractivity contribution is 9.10. The Bertz CT molecular complexity index is 723. The van der Waals surface area contributed by atoms with Crippen molar-refractivity contribution in [2.24, 2.45) is 0 Å². The molecule has 1 fully saturated rings. The number of carbonyl (C=O) groups is 1. The zero-order valence-electron chi connectivity index (χ0n) is 13.8.